The number of hydrogen-bond acceptors (Lipinski definition) is 2. The van der Waals surface area contributed by atoms with Crippen LogP contribution in [0.5, 0.6) is 0 Å². The highest BCUT2D eigenvalue weighted by Crippen LogP contribution is 2.35. The molecule has 0 spiro atoms. The number of alkyl halides is 3. The van der Waals surface area contributed by atoms with E-state index in [-0.39, 0.29) is 28.2 Å². The van der Waals surface area contributed by atoms with E-state index in [1.54, 1.807) is 30.3 Å². The number of hydrogen-bond donors (Lipinski definition) is 1. The van der Waals surface area contributed by atoms with E-state index in [0.29, 0.717) is 11.1 Å². The van der Waals surface area contributed by atoms with Crippen molar-refractivity contribution in [1.82, 2.24) is 0 Å². The number of nitrogens with zero attached hydrogens (tertiary/aromatic N) is 1. The molecule has 0 aliphatic carbocycles. The van der Waals surface area contributed by atoms with Gasteiger partial charge in [-0.3, -0.25) is 0 Å². The molecule has 0 bridgehead atoms. The van der Waals surface area contributed by atoms with E-state index in [1.165, 1.54) is 18.2 Å². The number of oxazole rings is 1. The molecule has 0 aliphatic heterocycles. The Balaban J connectivity index is 2.22. The Morgan fingerprint density at radius 3 is 2.16 bits per heavy atom. The summed E-state index contributed by atoms with van der Waals surface area (Å²) in [5, 5.41) is 0.561. The average Bonchev–Trinajstić information content (AvgIpc) is 2.84. The molecular formula is C17H12Cl2F3N2O+. The van der Waals surface area contributed by atoms with Gasteiger partial charge in [0, 0.05) is 15.6 Å². The van der Waals surface area contributed by atoms with Crippen molar-refractivity contribution in [3.05, 3.63) is 70.0 Å². The SMILES string of the molecule is Nc1oc(C(F)(F)F)[n+](Cc2ccccc2)c1-c1cc(Cl)cc(Cl)c1. The Hall–Kier alpha value is -2.18. The molecule has 0 fully saturated rings. The third kappa shape index (κ3) is 3.75. The van der Waals surface area contributed by atoms with Crippen molar-refractivity contribution < 1.29 is 22.2 Å². The smallest absolute Gasteiger partial charge is 0.378 e. The van der Waals surface area contributed by atoms with Gasteiger partial charge in [-0.25, -0.2) is 0 Å². The topological polar surface area (TPSA) is 43.0 Å². The van der Waals surface area contributed by atoms with Crippen molar-refractivity contribution in [3.8, 4) is 11.3 Å². The zero-order chi connectivity index (χ0) is 18.2. The largest absolute Gasteiger partial charge is 0.517 e. The van der Waals surface area contributed by atoms with Crippen LogP contribution in [0.3, 0.4) is 0 Å². The first kappa shape index (κ1) is 17.6. The predicted molar refractivity (Wildman–Crippen MR) is 89.3 cm³/mol. The molecule has 0 unspecified atom stereocenters. The van der Waals surface area contributed by atoms with E-state index in [0.717, 1.165) is 4.57 Å². The summed E-state index contributed by atoms with van der Waals surface area (Å²) in [6.07, 6.45) is -4.70. The Morgan fingerprint density at radius 2 is 1.60 bits per heavy atom. The molecule has 0 saturated carbocycles. The average molecular weight is 388 g/mol. The molecule has 2 aromatic carbocycles. The van der Waals surface area contributed by atoms with Gasteiger partial charge in [-0.15, -0.1) is 4.57 Å². The van der Waals surface area contributed by atoms with Gasteiger partial charge in [-0.2, -0.15) is 13.2 Å². The van der Waals surface area contributed by atoms with Crippen LogP contribution < -0.4 is 10.3 Å². The van der Waals surface area contributed by atoms with Gasteiger partial charge >= 0.3 is 12.1 Å². The van der Waals surface area contributed by atoms with Gasteiger partial charge in [0.05, 0.1) is 5.56 Å². The van der Waals surface area contributed by atoms with Crippen molar-refractivity contribution in [2.75, 3.05) is 5.73 Å². The van der Waals surface area contributed by atoms with Crippen LogP contribution in [-0.4, -0.2) is 0 Å². The summed E-state index contributed by atoms with van der Waals surface area (Å²) in [4.78, 5) is 0. The van der Waals surface area contributed by atoms with E-state index in [4.69, 9.17) is 33.4 Å². The lowest BCUT2D eigenvalue weighted by Crippen LogP contribution is -2.42. The number of nitrogen functional groups attached to an aromatic ring is 1. The van der Waals surface area contributed by atoms with Gasteiger partial charge in [0.2, 0.25) is 0 Å². The Kier molecular flexibility index (Phi) is 4.67. The molecule has 2 N–H and O–H groups in total. The maximum Gasteiger partial charge on any atom is 0.517 e. The number of rotatable bonds is 3. The minimum Gasteiger partial charge on any atom is -0.378 e. The van der Waals surface area contributed by atoms with Gasteiger partial charge in [-0.1, -0.05) is 53.5 Å². The highest BCUT2D eigenvalue weighted by Gasteiger charge is 2.49. The molecule has 1 heterocycles. The van der Waals surface area contributed by atoms with Gasteiger partial charge in [0.1, 0.15) is 0 Å². The quantitative estimate of drug-likeness (QED) is 0.628. The van der Waals surface area contributed by atoms with Crippen molar-refractivity contribution >= 4 is 29.1 Å². The number of aromatic nitrogens is 1. The van der Waals surface area contributed by atoms with Crippen LogP contribution in [0.2, 0.25) is 10.0 Å². The van der Waals surface area contributed by atoms with Crippen LogP contribution in [0, 0.1) is 0 Å². The molecule has 3 rings (SSSR count). The van der Waals surface area contributed by atoms with Gasteiger partial charge in [0.25, 0.3) is 11.6 Å². The van der Waals surface area contributed by atoms with Crippen molar-refractivity contribution in [2.24, 2.45) is 0 Å². The molecule has 0 radical (unpaired) electrons. The third-order valence-electron chi connectivity index (χ3n) is 3.52. The molecule has 130 valence electrons. The van der Waals surface area contributed by atoms with Gasteiger partial charge in [-0.05, 0) is 18.2 Å². The Labute approximate surface area is 151 Å². The van der Waals surface area contributed by atoms with E-state index >= 15 is 0 Å². The molecule has 0 saturated heterocycles. The summed E-state index contributed by atoms with van der Waals surface area (Å²) in [7, 11) is 0. The van der Waals surface area contributed by atoms with Crippen LogP contribution in [0.15, 0.2) is 52.9 Å². The highest BCUT2D eigenvalue weighted by atomic mass is 35.5. The van der Waals surface area contributed by atoms with Crippen molar-refractivity contribution in [2.45, 2.75) is 12.7 Å². The molecule has 3 nitrogen and oxygen atoms in total. The van der Waals surface area contributed by atoms with Crippen LogP contribution in [-0.2, 0) is 12.7 Å². The molecular weight excluding hydrogens is 376 g/mol. The zero-order valence-electron chi connectivity index (χ0n) is 12.6. The highest BCUT2D eigenvalue weighted by molar-refractivity contribution is 6.35. The predicted octanol–water partition coefficient (Wildman–Crippen LogP) is 5.19. The van der Waals surface area contributed by atoms with Crippen LogP contribution in [0.1, 0.15) is 11.5 Å². The van der Waals surface area contributed by atoms with E-state index < -0.39 is 12.1 Å². The molecule has 0 aliphatic rings. The lowest BCUT2D eigenvalue weighted by Gasteiger charge is -2.04. The zero-order valence-corrected chi connectivity index (χ0v) is 14.2. The minimum atomic E-state index is -4.70. The lowest BCUT2D eigenvalue weighted by atomic mass is 10.1. The van der Waals surface area contributed by atoms with Gasteiger partial charge < -0.3 is 10.2 Å². The molecule has 0 atom stereocenters. The maximum absolute atomic E-state index is 13.4. The number of nitrogens with two attached hydrogens (primary N) is 1. The first-order chi connectivity index (χ1) is 11.8. The maximum atomic E-state index is 13.4. The van der Waals surface area contributed by atoms with E-state index in [2.05, 4.69) is 0 Å². The van der Waals surface area contributed by atoms with Crippen molar-refractivity contribution in [3.63, 3.8) is 0 Å². The van der Waals surface area contributed by atoms with Gasteiger partial charge in [0.15, 0.2) is 6.54 Å². The number of anilines is 1. The second-order valence-electron chi connectivity index (χ2n) is 5.35. The fourth-order valence-electron chi connectivity index (χ4n) is 2.56. The second kappa shape index (κ2) is 6.61. The molecule has 8 heteroatoms. The summed E-state index contributed by atoms with van der Waals surface area (Å²) in [5.41, 5.74) is 6.82. The summed E-state index contributed by atoms with van der Waals surface area (Å²) < 4.78 is 46.0. The first-order valence-corrected chi connectivity index (χ1v) is 7.91. The molecule has 1 aromatic heterocycles. The summed E-state index contributed by atoms with van der Waals surface area (Å²) in [6.45, 7) is -0.0736. The molecule has 0 amide bonds. The summed E-state index contributed by atoms with van der Waals surface area (Å²) in [5.74, 6) is -1.55. The van der Waals surface area contributed by atoms with Crippen LogP contribution in [0.25, 0.3) is 11.3 Å². The fraction of sp³-hybridized carbons (Fsp3) is 0.118. The van der Waals surface area contributed by atoms with Crippen molar-refractivity contribution in [1.29, 1.82) is 0 Å². The number of halogens is 5. The standard InChI is InChI=1S/C17H12Cl2F3N2O/c18-12-6-11(7-13(19)8-12)14-15(23)25-16(17(20,21)22)24(14)9-10-4-2-1-3-5-10/h1-8H,9,23H2/q+1. The summed E-state index contributed by atoms with van der Waals surface area (Å²) in [6, 6.07) is 13.1. The monoisotopic (exact) mass is 387 g/mol. The molecule has 25 heavy (non-hydrogen) atoms. The van der Waals surface area contributed by atoms with Crippen LogP contribution in [0.4, 0.5) is 19.1 Å². The first-order valence-electron chi connectivity index (χ1n) is 7.15. The van der Waals surface area contributed by atoms with Crippen LogP contribution >= 0.6 is 23.2 Å². The lowest BCUT2D eigenvalue weighted by molar-refractivity contribution is -0.701. The fourth-order valence-corrected chi connectivity index (χ4v) is 3.08. The van der Waals surface area contributed by atoms with E-state index in [9.17, 15) is 13.2 Å². The third-order valence-corrected chi connectivity index (χ3v) is 3.95. The second-order valence-corrected chi connectivity index (χ2v) is 6.22. The number of benzene rings is 2. The normalized spacial score (nSPS) is 11.7. The Morgan fingerprint density at radius 1 is 1.00 bits per heavy atom. The Bertz CT molecular complexity index is 888. The minimum absolute atomic E-state index is 0.0700. The summed E-state index contributed by atoms with van der Waals surface area (Å²) >= 11 is 11.9. The molecule has 3 aromatic rings. The van der Waals surface area contributed by atoms with E-state index in [1.807, 2.05) is 0 Å².